The first-order valence-corrected chi connectivity index (χ1v) is 10.7. The fourth-order valence-corrected chi connectivity index (χ4v) is 3.58. The predicted octanol–water partition coefficient (Wildman–Crippen LogP) is 5.28. The SMILES string of the molecule is CC(C)(N)CC(C)(C)O.CC(C)C(=O)c1cc2c3c(ccc2[nH]1)NCC3.CCC. The molecule has 164 valence electrons. The Bertz CT molecular complexity index is 781. The zero-order chi connectivity index (χ0) is 22.4. The number of hydrogen-bond donors (Lipinski definition) is 4. The monoisotopic (exact) mass is 403 g/mol. The largest absolute Gasteiger partial charge is 0.390 e. The normalized spacial score (nSPS) is 13.2. The highest BCUT2D eigenvalue weighted by Gasteiger charge is 2.22. The van der Waals surface area contributed by atoms with E-state index in [4.69, 9.17) is 5.73 Å². The summed E-state index contributed by atoms with van der Waals surface area (Å²) in [5.41, 5.74) is 9.10. The highest BCUT2D eigenvalue weighted by atomic mass is 16.3. The van der Waals surface area contributed by atoms with Gasteiger partial charge < -0.3 is 21.1 Å². The van der Waals surface area contributed by atoms with Crippen LogP contribution in [0.2, 0.25) is 0 Å². The second-order valence-corrected chi connectivity index (χ2v) is 9.62. The number of nitrogens with one attached hydrogen (secondary N) is 2. The number of aromatic nitrogens is 1. The number of benzene rings is 1. The number of carbonyl (C=O) groups excluding carboxylic acids is 1. The van der Waals surface area contributed by atoms with Gasteiger partial charge in [-0.1, -0.05) is 34.1 Å². The fourth-order valence-electron chi connectivity index (χ4n) is 3.58. The van der Waals surface area contributed by atoms with Crippen LogP contribution in [0.5, 0.6) is 0 Å². The topological polar surface area (TPSA) is 91.1 Å². The van der Waals surface area contributed by atoms with Crippen LogP contribution in [0.1, 0.15) is 84.3 Å². The van der Waals surface area contributed by atoms with Gasteiger partial charge in [0.1, 0.15) is 0 Å². The second-order valence-electron chi connectivity index (χ2n) is 9.62. The number of anilines is 1. The maximum Gasteiger partial charge on any atom is 0.181 e. The molecule has 3 rings (SSSR count). The average molecular weight is 404 g/mol. The number of H-pyrrole nitrogens is 1. The van der Waals surface area contributed by atoms with Crippen LogP contribution in [0, 0.1) is 5.92 Å². The molecule has 1 aliphatic heterocycles. The quantitative estimate of drug-likeness (QED) is 0.523. The average Bonchev–Trinajstić information content (AvgIpc) is 3.17. The van der Waals surface area contributed by atoms with E-state index in [9.17, 15) is 9.90 Å². The van der Waals surface area contributed by atoms with E-state index in [-0.39, 0.29) is 17.2 Å². The van der Waals surface area contributed by atoms with E-state index >= 15 is 0 Å². The number of ketones is 1. The van der Waals surface area contributed by atoms with Crippen molar-refractivity contribution in [1.82, 2.24) is 4.98 Å². The van der Waals surface area contributed by atoms with Gasteiger partial charge in [0, 0.05) is 34.6 Å². The maximum absolute atomic E-state index is 12.0. The minimum Gasteiger partial charge on any atom is -0.390 e. The summed E-state index contributed by atoms with van der Waals surface area (Å²) >= 11 is 0. The zero-order valence-electron chi connectivity index (χ0n) is 19.6. The molecule has 0 spiro atoms. The van der Waals surface area contributed by atoms with Gasteiger partial charge in [0.15, 0.2) is 5.78 Å². The number of hydrogen-bond acceptors (Lipinski definition) is 4. The van der Waals surface area contributed by atoms with Gasteiger partial charge in [0.2, 0.25) is 0 Å². The molecule has 0 bridgehead atoms. The Morgan fingerprint density at radius 2 is 1.79 bits per heavy atom. The highest BCUT2D eigenvalue weighted by Crippen LogP contribution is 2.31. The fraction of sp³-hybridized carbons (Fsp3) is 0.625. The number of aromatic amines is 1. The highest BCUT2D eigenvalue weighted by molar-refractivity contribution is 6.02. The van der Waals surface area contributed by atoms with Crippen molar-refractivity contribution in [1.29, 1.82) is 0 Å². The third-order valence-corrected chi connectivity index (χ3v) is 4.28. The van der Waals surface area contributed by atoms with E-state index in [1.165, 1.54) is 23.1 Å². The molecule has 1 aliphatic rings. The predicted molar refractivity (Wildman–Crippen MR) is 125 cm³/mol. The van der Waals surface area contributed by atoms with E-state index in [1.54, 1.807) is 13.8 Å². The maximum atomic E-state index is 12.0. The number of fused-ring (bicyclic) bond motifs is 3. The molecule has 0 amide bonds. The van der Waals surface area contributed by atoms with Crippen molar-refractivity contribution in [3.05, 3.63) is 29.5 Å². The molecule has 0 unspecified atom stereocenters. The zero-order valence-corrected chi connectivity index (χ0v) is 19.6. The number of rotatable bonds is 4. The van der Waals surface area contributed by atoms with Gasteiger partial charge in [-0.05, 0) is 64.3 Å². The Labute approximate surface area is 176 Å². The molecule has 29 heavy (non-hydrogen) atoms. The molecule has 0 atom stereocenters. The molecule has 0 aliphatic carbocycles. The number of Topliss-reactive ketones (excluding diaryl/α,β-unsaturated/α-hetero) is 1. The van der Waals surface area contributed by atoms with Gasteiger partial charge in [-0.2, -0.15) is 0 Å². The summed E-state index contributed by atoms with van der Waals surface area (Å²) in [6, 6.07) is 6.14. The first kappa shape index (κ1) is 25.2. The Kier molecular flexibility index (Phi) is 8.91. The molecule has 0 saturated heterocycles. The van der Waals surface area contributed by atoms with Crippen LogP contribution in [0.4, 0.5) is 5.69 Å². The van der Waals surface area contributed by atoms with E-state index in [2.05, 4.69) is 30.2 Å². The van der Waals surface area contributed by atoms with Crippen LogP contribution in [-0.4, -0.2) is 33.6 Å². The van der Waals surface area contributed by atoms with Crippen LogP contribution in [-0.2, 0) is 6.42 Å². The molecule has 1 aromatic heterocycles. The van der Waals surface area contributed by atoms with Gasteiger partial charge in [0.05, 0.1) is 11.3 Å². The molecule has 5 heteroatoms. The van der Waals surface area contributed by atoms with Crippen molar-refractivity contribution in [2.75, 3.05) is 11.9 Å². The Hall–Kier alpha value is -1.85. The van der Waals surface area contributed by atoms with Crippen LogP contribution < -0.4 is 11.1 Å². The molecule has 0 fully saturated rings. The van der Waals surface area contributed by atoms with Gasteiger partial charge in [-0.25, -0.2) is 0 Å². The van der Waals surface area contributed by atoms with Crippen molar-refractivity contribution in [3.8, 4) is 0 Å². The van der Waals surface area contributed by atoms with Crippen molar-refractivity contribution >= 4 is 22.4 Å². The van der Waals surface area contributed by atoms with Crippen molar-refractivity contribution in [2.45, 2.75) is 85.8 Å². The van der Waals surface area contributed by atoms with E-state index in [0.717, 1.165) is 24.2 Å². The van der Waals surface area contributed by atoms with Gasteiger partial charge >= 0.3 is 0 Å². The van der Waals surface area contributed by atoms with Gasteiger partial charge in [0.25, 0.3) is 0 Å². The summed E-state index contributed by atoms with van der Waals surface area (Å²) in [5.74, 6) is 0.218. The smallest absolute Gasteiger partial charge is 0.181 e. The van der Waals surface area contributed by atoms with Crippen LogP contribution in [0.15, 0.2) is 18.2 Å². The number of nitrogens with two attached hydrogens (primary N) is 1. The molecule has 5 N–H and O–H groups in total. The molecule has 0 saturated carbocycles. The second kappa shape index (κ2) is 10.3. The van der Waals surface area contributed by atoms with Crippen LogP contribution in [0.3, 0.4) is 0 Å². The van der Waals surface area contributed by atoms with Gasteiger partial charge in [-0.3, -0.25) is 4.79 Å². The molecule has 5 nitrogen and oxygen atoms in total. The molecule has 0 radical (unpaired) electrons. The molecular formula is C24H41N3O2. The minimum atomic E-state index is -0.641. The third-order valence-electron chi connectivity index (χ3n) is 4.28. The summed E-state index contributed by atoms with van der Waals surface area (Å²) in [6.45, 7) is 16.5. The molecular weight excluding hydrogens is 362 g/mol. The Morgan fingerprint density at radius 3 is 2.24 bits per heavy atom. The van der Waals surface area contributed by atoms with E-state index < -0.39 is 5.60 Å². The summed E-state index contributed by atoms with van der Waals surface area (Å²) in [7, 11) is 0. The Morgan fingerprint density at radius 1 is 1.21 bits per heavy atom. The van der Waals surface area contributed by atoms with Crippen molar-refractivity contribution < 1.29 is 9.90 Å². The first-order chi connectivity index (χ1) is 13.3. The van der Waals surface area contributed by atoms with E-state index in [1.807, 2.05) is 39.8 Å². The molecule has 1 aromatic carbocycles. The van der Waals surface area contributed by atoms with Crippen LogP contribution >= 0.6 is 0 Å². The molecule has 2 aromatic rings. The van der Waals surface area contributed by atoms with Crippen molar-refractivity contribution in [2.24, 2.45) is 11.7 Å². The summed E-state index contributed by atoms with van der Waals surface area (Å²) in [5, 5.41) is 13.8. The number of carbonyl (C=O) groups is 1. The van der Waals surface area contributed by atoms with Crippen LogP contribution in [0.25, 0.3) is 10.9 Å². The van der Waals surface area contributed by atoms with Gasteiger partial charge in [-0.15, -0.1) is 0 Å². The minimum absolute atomic E-state index is 0.0363. The lowest BCUT2D eigenvalue weighted by Crippen LogP contribution is -2.40. The third kappa shape index (κ3) is 8.19. The number of aliphatic hydroxyl groups is 1. The standard InChI is InChI=1S/C14H16N2O.C7H17NO.C3H8/c1-8(2)14(17)13-7-10-9-5-6-15-11(9)3-4-12(10)16-13;1-6(2,8)5-7(3,4)9;1-3-2/h3-4,7-8,15-16H,5-6H2,1-2H3;9H,5,8H2,1-4H3;3H2,1-2H3. The lowest BCUT2D eigenvalue weighted by atomic mass is 9.91. The lowest BCUT2D eigenvalue weighted by molar-refractivity contribution is 0.0517. The summed E-state index contributed by atoms with van der Waals surface area (Å²) in [4.78, 5) is 15.2. The lowest BCUT2D eigenvalue weighted by Gasteiger charge is -2.27. The van der Waals surface area contributed by atoms with E-state index in [0.29, 0.717) is 6.42 Å². The van der Waals surface area contributed by atoms with Crippen molar-refractivity contribution in [3.63, 3.8) is 0 Å². The summed E-state index contributed by atoms with van der Waals surface area (Å²) < 4.78 is 0. The molecule has 2 heterocycles. The Balaban J connectivity index is 0.000000299. The summed E-state index contributed by atoms with van der Waals surface area (Å²) in [6.07, 6.45) is 2.92. The first-order valence-electron chi connectivity index (χ1n) is 10.7.